The van der Waals surface area contributed by atoms with Gasteiger partial charge in [-0.2, -0.15) is 0 Å². The van der Waals surface area contributed by atoms with E-state index in [1.165, 1.54) is 0 Å². The maximum absolute atomic E-state index is 11.4. The van der Waals surface area contributed by atoms with Crippen LogP contribution in [0.25, 0.3) is 0 Å². The standard InChI is InChI=1S/2C11H18O4.Sr.2H/c2*1-10(2,3)7(12)8(13)15-9(14)11(4,5)6;;;/h2*1-6H3;;;/q;;+2;2*-1. The summed E-state index contributed by atoms with van der Waals surface area (Å²) in [5.74, 6) is -4.93. The van der Waals surface area contributed by atoms with Crippen molar-refractivity contribution >= 4 is 80.9 Å². The first-order valence-corrected chi connectivity index (χ1v) is 9.54. The summed E-state index contributed by atoms with van der Waals surface area (Å²) in [6.07, 6.45) is 0. The molecule has 0 saturated heterocycles. The van der Waals surface area contributed by atoms with Gasteiger partial charge in [-0.15, -0.1) is 0 Å². The van der Waals surface area contributed by atoms with Crippen LogP contribution in [0.2, 0.25) is 0 Å². The molecule has 0 unspecified atom stereocenters. The van der Waals surface area contributed by atoms with Gasteiger partial charge in [-0.25, -0.2) is 9.59 Å². The van der Waals surface area contributed by atoms with Crippen molar-refractivity contribution in [2.24, 2.45) is 21.7 Å². The minimum Gasteiger partial charge on any atom is -1.00 e. The van der Waals surface area contributed by atoms with Crippen molar-refractivity contribution in [3.05, 3.63) is 0 Å². The molecular weight excluding hydrogens is 480 g/mol. The van der Waals surface area contributed by atoms with Crippen LogP contribution in [0.5, 0.6) is 0 Å². The molecule has 0 aromatic carbocycles. The molecule has 0 N–H and O–H groups in total. The van der Waals surface area contributed by atoms with Crippen LogP contribution in [0.3, 0.4) is 0 Å². The van der Waals surface area contributed by atoms with Gasteiger partial charge in [-0.3, -0.25) is 19.2 Å². The van der Waals surface area contributed by atoms with Crippen LogP contribution >= 0.6 is 0 Å². The third-order valence-corrected chi connectivity index (χ3v) is 3.33. The number of carbonyl (C=O) groups is 6. The number of hydrogen-bond donors (Lipinski definition) is 0. The fourth-order valence-electron chi connectivity index (χ4n) is 1.18. The predicted molar refractivity (Wildman–Crippen MR) is 118 cm³/mol. The van der Waals surface area contributed by atoms with Crippen LogP contribution < -0.4 is 0 Å². The van der Waals surface area contributed by atoms with E-state index >= 15 is 0 Å². The Bertz CT molecular complexity index is 657. The average molecular weight is 518 g/mol. The summed E-state index contributed by atoms with van der Waals surface area (Å²) >= 11 is 0. The van der Waals surface area contributed by atoms with Gasteiger partial charge in [0.2, 0.25) is 11.6 Å². The number of esters is 4. The first-order valence-electron chi connectivity index (χ1n) is 9.54. The molecule has 0 aliphatic heterocycles. The molecule has 0 fully saturated rings. The first-order chi connectivity index (χ1) is 12.9. The topological polar surface area (TPSA) is 121 Å². The number of ether oxygens (including phenoxy) is 2. The van der Waals surface area contributed by atoms with Crippen LogP contribution in [0.1, 0.15) is 85.9 Å². The smallest absolute Gasteiger partial charge is 1.00 e. The van der Waals surface area contributed by atoms with Gasteiger partial charge in [0.1, 0.15) is 0 Å². The van der Waals surface area contributed by atoms with E-state index in [2.05, 4.69) is 9.47 Å². The molecule has 0 bridgehead atoms. The molecule has 0 rings (SSSR count). The monoisotopic (exact) mass is 518 g/mol. The Morgan fingerprint density at radius 3 is 0.774 bits per heavy atom. The Morgan fingerprint density at radius 1 is 0.452 bits per heavy atom. The minimum absolute atomic E-state index is 0. The van der Waals surface area contributed by atoms with Gasteiger partial charge in [-0.05, 0) is 41.5 Å². The van der Waals surface area contributed by atoms with Crippen LogP contribution in [0.15, 0.2) is 0 Å². The zero-order chi connectivity index (χ0) is 24.9. The minimum atomic E-state index is -1.08. The third kappa shape index (κ3) is 14.0. The first kappa shape index (κ1) is 34.7. The predicted octanol–water partition coefficient (Wildman–Crippen LogP) is 3.28. The second kappa shape index (κ2) is 12.4. The van der Waals surface area contributed by atoms with Crippen LogP contribution in [0.4, 0.5) is 0 Å². The van der Waals surface area contributed by atoms with Gasteiger partial charge < -0.3 is 12.3 Å². The van der Waals surface area contributed by atoms with Gasteiger partial charge in [-0.1, -0.05) is 41.5 Å². The van der Waals surface area contributed by atoms with Gasteiger partial charge in [0, 0.05) is 10.8 Å². The van der Waals surface area contributed by atoms with Crippen molar-refractivity contribution in [1.82, 2.24) is 0 Å². The van der Waals surface area contributed by atoms with E-state index in [0.29, 0.717) is 0 Å². The Kier molecular flexibility index (Phi) is 13.8. The second-order valence-corrected chi connectivity index (χ2v) is 11.0. The molecule has 0 heterocycles. The summed E-state index contributed by atoms with van der Waals surface area (Å²) in [5, 5.41) is 0. The molecule has 0 aromatic rings. The Labute approximate surface area is 225 Å². The molecule has 0 saturated carbocycles. The molecule has 8 nitrogen and oxygen atoms in total. The van der Waals surface area contributed by atoms with Gasteiger partial charge in [0.25, 0.3) is 0 Å². The van der Waals surface area contributed by atoms with E-state index in [0.717, 1.165) is 0 Å². The quantitative estimate of drug-likeness (QED) is 0.237. The molecule has 176 valence electrons. The Hall–Kier alpha value is -0.899. The molecule has 0 aromatic heterocycles. The fourth-order valence-corrected chi connectivity index (χ4v) is 1.18. The molecule has 0 spiro atoms. The van der Waals surface area contributed by atoms with Crippen LogP contribution in [0, 0.1) is 21.7 Å². The zero-order valence-electron chi connectivity index (χ0n) is 23.0. The van der Waals surface area contributed by atoms with Crippen molar-refractivity contribution in [3.63, 3.8) is 0 Å². The van der Waals surface area contributed by atoms with E-state index in [1.807, 2.05) is 0 Å². The maximum atomic E-state index is 11.4. The summed E-state index contributed by atoms with van der Waals surface area (Å²) in [6.45, 7) is 19.3. The van der Waals surface area contributed by atoms with Crippen LogP contribution in [-0.4, -0.2) is 80.9 Å². The number of ketones is 2. The second-order valence-electron chi connectivity index (χ2n) is 11.0. The maximum Gasteiger partial charge on any atom is 2.00 e. The molecule has 0 radical (unpaired) electrons. The number of rotatable bonds is 2. The Morgan fingerprint density at radius 2 is 0.645 bits per heavy atom. The number of carbonyl (C=O) groups excluding carboxylic acids is 6. The molecule has 0 amide bonds. The summed E-state index contributed by atoms with van der Waals surface area (Å²) < 4.78 is 8.95. The molecule has 9 heteroatoms. The normalized spacial score (nSPS) is 11.7. The van der Waals surface area contributed by atoms with Crippen molar-refractivity contribution in [2.45, 2.75) is 83.1 Å². The van der Waals surface area contributed by atoms with E-state index in [9.17, 15) is 28.8 Å². The van der Waals surface area contributed by atoms with Crippen molar-refractivity contribution in [1.29, 1.82) is 0 Å². The zero-order valence-corrected chi connectivity index (χ0v) is 24.4. The number of Topliss-reactive ketones (excluding diaryl/α,β-unsaturated/α-hetero) is 2. The van der Waals surface area contributed by atoms with Gasteiger partial charge >= 0.3 is 69.4 Å². The van der Waals surface area contributed by atoms with Crippen molar-refractivity contribution in [3.8, 4) is 0 Å². The van der Waals surface area contributed by atoms with E-state index in [1.54, 1.807) is 83.1 Å². The average Bonchev–Trinajstić information content (AvgIpc) is 2.50. The fraction of sp³-hybridized carbons (Fsp3) is 0.727. The van der Waals surface area contributed by atoms with Gasteiger partial charge in [0.05, 0.1) is 10.8 Å². The number of hydrogen-bond acceptors (Lipinski definition) is 8. The summed E-state index contributed by atoms with van der Waals surface area (Å²) in [5.41, 5.74) is -3.22. The van der Waals surface area contributed by atoms with Gasteiger partial charge in [0.15, 0.2) is 0 Å². The van der Waals surface area contributed by atoms with E-state index in [-0.39, 0.29) is 48.3 Å². The van der Waals surface area contributed by atoms with E-state index < -0.39 is 57.1 Å². The molecule has 0 aliphatic carbocycles. The SMILES string of the molecule is CC(C)(C)C(=O)OC(=O)C(=O)C(C)(C)C.CC(C)(C)C(=O)OC(=O)C(=O)C(C)(C)C.[H-].[H-].[Sr+2]. The van der Waals surface area contributed by atoms with Crippen LogP contribution in [-0.2, 0) is 38.2 Å². The molecular formula is C22H38O8Sr. The summed E-state index contributed by atoms with van der Waals surface area (Å²) in [4.78, 5) is 67.9. The summed E-state index contributed by atoms with van der Waals surface area (Å²) in [6, 6.07) is 0. The largest absolute Gasteiger partial charge is 2.00 e. The molecule has 0 aliphatic rings. The summed E-state index contributed by atoms with van der Waals surface area (Å²) in [7, 11) is 0. The molecule has 0 atom stereocenters. The van der Waals surface area contributed by atoms with Crippen molar-refractivity contribution in [2.75, 3.05) is 0 Å². The van der Waals surface area contributed by atoms with Crippen molar-refractivity contribution < 1.29 is 41.1 Å². The Balaban J connectivity index is -0.000000145. The third-order valence-electron chi connectivity index (χ3n) is 3.33. The molecule has 31 heavy (non-hydrogen) atoms. The van der Waals surface area contributed by atoms with E-state index in [4.69, 9.17) is 0 Å².